The highest BCUT2D eigenvalue weighted by Gasteiger charge is 2.15. The van der Waals surface area contributed by atoms with Crippen LogP contribution >= 0.6 is 11.6 Å². The van der Waals surface area contributed by atoms with Crippen LogP contribution < -0.4 is 0 Å². The number of halogens is 1. The van der Waals surface area contributed by atoms with Crippen LogP contribution in [0.5, 0.6) is 0 Å². The molecule has 3 rings (SSSR count). The molecule has 0 saturated carbocycles. The molecule has 0 aromatic heterocycles. The molecular formula is C23H22ClNO2. The van der Waals surface area contributed by atoms with E-state index in [0.717, 1.165) is 22.3 Å². The second-order valence-electron chi connectivity index (χ2n) is 6.46. The SMILES string of the molecule is COCc1cc(C(=O)N(C)Cc2ccccc2)ccc1-c1ccc(Cl)cc1. The number of nitrogens with zero attached hydrogens (tertiary/aromatic N) is 1. The molecule has 0 spiro atoms. The van der Waals surface area contributed by atoms with Gasteiger partial charge in [0.1, 0.15) is 0 Å². The smallest absolute Gasteiger partial charge is 0.253 e. The number of hydrogen-bond donors (Lipinski definition) is 0. The van der Waals surface area contributed by atoms with Crippen molar-refractivity contribution in [1.82, 2.24) is 4.90 Å². The van der Waals surface area contributed by atoms with Crippen molar-refractivity contribution in [3.63, 3.8) is 0 Å². The maximum absolute atomic E-state index is 12.9. The molecule has 138 valence electrons. The van der Waals surface area contributed by atoms with Crippen LogP contribution in [0.4, 0.5) is 0 Å². The Bertz CT molecular complexity index is 907. The fourth-order valence-corrected chi connectivity index (χ4v) is 3.19. The predicted molar refractivity (Wildman–Crippen MR) is 110 cm³/mol. The lowest BCUT2D eigenvalue weighted by atomic mass is 9.97. The summed E-state index contributed by atoms with van der Waals surface area (Å²) in [5.41, 5.74) is 4.80. The second-order valence-corrected chi connectivity index (χ2v) is 6.90. The molecule has 0 saturated heterocycles. The Morgan fingerprint density at radius 2 is 1.70 bits per heavy atom. The number of rotatable bonds is 6. The lowest BCUT2D eigenvalue weighted by molar-refractivity contribution is 0.0785. The van der Waals surface area contributed by atoms with E-state index >= 15 is 0 Å². The molecule has 0 N–H and O–H groups in total. The molecule has 3 nitrogen and oxygen atoms in total. The van der Waals surface area contributed by atoms with Gasteiger partial charge in [-0.2, -0.15) is 0 Å². The first-order valence-corrected chi connectivity index (χ1v) is 9.13. The summed E-state index contributed by atoms with van der Waals surface area (Å²) in [6.07, 6.45) is 0. The Morgan fingerprint density at radius 3 is 2.37 bits per heavy atom. The number of ether oxygens (including phenoxy) is 1. The lowest BCUT2D eigenvalue weighted by Gasteiger charge is -2.19. The number of carbonyl (C=O) groups is 1. The van der Waals surface area contributed by atoms with E-state index in [4.69, 9.17) is 16.3 Å². The maximum atomic E-state index is 12.9. The highest BCUT2D eigenvalue weighted by atomic mass is 35.5. The minimum Gasteiger partial charge on any atom is -0.380 e. The number of carbonyl (C=O) groups excluding carboxylic acids is 1. The zero-order valence-electron chi connectivity index (χ0n) is 15.5. The van der Waals surface area contributed by atoms with E-state index in [1.54, 1.807) is 12.0 Å². The largest absolute Gasteiger partial charge is 0.380 e. The van der Waals surface area contributed by atoms with Crippen molar-refractivity contribution in [2.45, 2.75) is 13.2 Å². The van der Waals surface area contributed by atoms with E-state index in [1.165, 1.54) is 0 Å². The fraction of sp³-hybridized carbons (Fsp3) is 0.174. The average molecular weight is 380 g/mol. The van der Waals surface area contributed by atoms with Crippen LogP contribution in [-0.2, 0) is 17.9 Å². The number of hydrogen-bond acceptors (Lipinski definition) is 2. The van der Waals surface area contributed by atoms with Gasteiger partial charge in [-0.1, -0.05) is 60.1 Å². The summed E-state index contributed by atoms with van der Waals surface area (Å²) in [4.78, 5) is 14.6. The minimum atomic E-state index is -0.0149. The van der Waals surface area contributed by atoms with Crippen LogP contribution in [0.15, 0.2) is 72.8 Å². The van der Waals surface area contributed by atoms with Crippen molar-refractivity contribution < 1.29 is 9.53 Å². The van der Waals surface area contributed by atoms with Crippen LogP contribution in [0.2, 0.25) is 5.02 Å². The molecule has 0 heterocycles. The van der Waals surface area contributed by atoms with Gasteiger partial charge in [0, 0.05) is 31.3 Å². The summed E-state index contributed by atoms with van der Waals surface area (Å²) in [5.74, 6) is -0.0149. The van der Waals surface area contributed by atoms with E-state index in [9.17, 15) is 4.79 Å². The van der Waals surface area contributed by atoms with Gasteiger partial charge in [0.15, 0.2) is 0 Å². The van der Waals surface area contributed by atoms with Gasteiger partial charge in [-0.15, -0.1) is 0 Å². The number of methoxy groups -OCH3 is 1. The van der Waals surface area contributed by atoms with Crippen molar-refractivity contribution >= 4 is 17.5 Å². The highest BCUT2D eigenvalue weighted by Crippen LogP contribution is 2.27. The van der Waals surface area contributed by atoms with Crippen molar-refractivity contribution in [1.29, 1.82) is 0 Å². The standard InChI is InChI=1S/C23H22ClNO2/c1-25(15-17-6-4-3-5-7-17)23(26)19-10-13-22(20(14-19)16-27-2)18-8-11-21(24)12-9-18/h3-14H,15-16H2,1-2H3. The van der Waals surface area contributed by atoms with Gasteiger partial charge in [0.05, 0.1) is 6.61 Å². The second kappa shape index (κ2) is 8.85. The molecule has 0 fully saturated rings. The molecule has 3 aromatic rings. The zero-order valence-corrected chi connectivity index (χ0v) is 16.2. The Morgan fingerprint density at radius 1 is 1.00 bits per heavy atom. The Balaban J connectivity index is 1.86. The number of benzene rings is 3. The monoisotopic (exact) mass is 379 g/mol. The third kappa shape index (κ3) is 4.76. The van der Waals surface area contributed by atoms with Crippen LogP contribution in [0.1, 0.15) is 21.5 Å². The third-order valence-corrected chi connectivity index (χ3v) is 4.67. The molecule has 0 aliphatic rings. The van der Waals surface area contributed by atoms with Gasteiger partial charge < -0.3 is 9.64 Å². The van der Waals surface area contributed by atoms with E-state index in [0.29, 0.717) is 23.7 Å². The molecule has 0 bridgehead atoms. The van der Waals surface area contributed by atoms with Crippen molar-refractivity contribution in [2.75, 3.05) is 14.2 Å². The first-order valence-electron chi connectivity index (χ1n) is 8.75. The van der Waals surface area contributed by atoms with Crippen molar-refractivity contribution in [3.8, 4) is 11.1 Å². The zero-order chi connectivity index (χ0) is 19.2. The van der Waals surface area contributed by atoms with Gasteiger partial charge in [-0.25, -0.2) is 0 Å². The maximum Gasteiger partial charge on any atom is 0.253 e. The summed E-state index contributed by atoms with van der Waals surface area (Å²) in [7, 11) is 3.47. The Kier molecular flexibility index (Phi) is 6.28. The summed E-state index contributed by atoms with van der Waals surface area (Å²) >= 11 is 5.99. The van der Waals surface area contributed by atoms with Crippen molar-refractivity contribution in [2.24, 2.45) is 0 Å². The average Bonchev–Trinajstić information content (AvgIpc) is 2.69. The van der Waals surface area contributed by atoms with Crippen LogP contribution in [0.25, 0.3) is 11.1 Å². The molecule has 0 aliphatic heterocycles. The molecule has 4 heteroatoms. The summed E-state index contributed by atoms with van der Waals surface area (Å²) in [6.45, 7) is 1.000. The van der Waals surface area contributed by atoms with Gasteiger partial charge in [-0.05, 0) is 46.5 Å². The molecule has 0 aliphatic carbocycles. The Hall–Kier alpha value is -2.62. The van der Waals surface area contributed by atoms with Gasteiger partial charge in [-0.3, -0.25) is 4.79 Å². The van der Waals surface area contributed by atoms with Gasteiger partial charge >= 0.3 is 0 Å². The first kappa shape index (κ1) is 19.2. The minimum absolute atomic E-state index is 0.0149. The molecule has 1 amide bonds. The van der Waals surface area contributed by atoms with E-state index in [-0.39, 0.29) is 5.91 Å². The van der Waals surface area contributed by atoms with Crippen LogP contribution in [-0.4, -0.2) is 25.0 Å². The fourth-order valence-electron chi connectivity index (χ4n) is 3.06. The predicted octanol–water partition coefficient (Wildman–Crippen LogP) is 5.43. The lowest BCUT2D eigenvalue weighted by Crippen LogP contribution is -2.26. The van der Waals surface area contributed by atoms with Gasteiger partial charge in [0.25, 0.3) is 5.91 Å². The summed E-state index contributed by atoms with van der Waals surface area (Å²) in [6, 6.07) is 23.4. The number of amides is 1. The molecule has 27 heavy (non-hydrogen) atoms. The van der Waals surface area contributed by atoms with E-state index in [1.807, 2.05) is 79.8 Å². The highest BCUT2D eigenvalue weighted by molar-refractivity contribution is 6.30. The van der Waals surface area contributed by atoms with Crippen LogP contribution in [0, 0.1) is 0 Å². The molecule has 0 unspecified atom stereocenters. The van der Waals surface area contributed by atoms with Crippen molar-refractivity contribution in [3.05, 3.63) is 94.5 Å². The Labute approximate surface area is 165 Å². The third-order valence-electron chi connectivity index (χ3n) is 4.42. The summed E-state index contributed by atoms with van der Waals surface area (Å²) in [5, 5.41) is 0.696. The first-order chi connectivity index (χ1) is 13.1. The van der Waals surface area contributed by atoms with E-state index in [2.05, 4.69) is 0 Å². The molecular weight excluding hydrogens is 358 g/mol. The molecule has 0 radical (unpaired) electrons. The topological polar surface area (TPSA) is 29.5 Å². The molecule has 3 aromatic carbocycles. The quantitative estimate of drug-likeness (QED) is 0.571. The summed E-state index contributed by atoms with van der Waals surface area (Å²) < 4.78 is 5.35. The molecule has 0 atom stereocenters. The normalized spacial score (nSPS) is 10.6. The van der Waals surface area contributed by atoms with E-state index < -0.39 is 0 Å². The van der Waals surface area contributed by atoms with Crippen LogP contribution in [0.3, 0.4) is 0 Å². The van der Waals surface area contributed by atoms with Gasteiger partial charge in [0.2, 0.25) is 0 Å².